The Balaban J connectivity index is 1.64. The largest absolute Gasteiger partial charge is 0.480 e. The van der Waals surface area contributed by atoms with Gasteiger partial charge in [-0.3, -0.25) is 52.7 Å². The van der Waals surface area contributed by atoms with Gasteiger partial charge in [-0.1, -0.05) is 80.0 Å². The Hall–Kier alpha value is -8.64. The number of thiol groups is 2. The summed E-state index contributed by atoms with van der Waals surface area (Å²) in [6.07, 6.45) is 10.7. The number of nitrogens with two attached hydrogens (primary N) is 4. The third kappa shape index (κ3) is 31.4. The Bertz CT molecular complexity index is 3430. The fourth-order valence-corrected chi connectivity index (χ4v) is 12.2. The summed E-state index contributed by atoms with van der Waals surface area (Å²) in [7, 11) is 0. The molecule has 12 atom stereocenters. The molecule has 35 heteroatoms. The van der Waals surface area contributed by atoms with E-state index >= 15 is 9.59 Å². The average Bonchev–Trinajstić information content (AvgIpc) is 1.65. The van der Waals surface area contributed by atoms with Gasteiger partial charge in [-0.2, -0.15) is 25.3 Å². The number of carbonyl (C=O) groups excluding carboxylic acids is 11. The summed E-state index contributed by atoms with van der Waals surface area (Å²) in [6.45, 7) is 15.6. The molecule has 0 fully saturated rings. The summed E-state index contributed by atoms with van der Waals surface area (Å²) in [5.74, 6) is -11.2. The SMILES string of the molecule is CC(C)C[C@H](NC(=O)[C@H](CC(C)C)NC(=O)[C@H](CC(C)C)NC(=O)[C@H](CC(C)C)NC(=O)[C@H](Cc1c[nH]c2ccccc12)NC(=O)[C@H](Cc1cnc[nH]1)NC(=O)[C@H](CS)NC(=O)[C@H](CCCCN)NC(=O)[C@H](CCCCN)NC(=O)[C@@H](N)CCCCN)C(=O)N[C@@H](Cc1cnc[nH]1)C(=O)N[C@@H](CS)C(=O)O. The highest BCUT2D eigenvalue weighted by Crippen LogP contribution is 2.21. The van der Waals surface area contributed by atoms with Crippen LogP contribution in [0.1, 0.15) is 156 Å². The molecule has 0 saturated heterocycles. The number of unbranched alkanes of at least 4 members (excludes halogenated alkanes) is 3. The van der Waals surface area contributed by atoms with E-state index in [1.165, 1.54) is 25.0 Å². The van der Waals surface area contributed by atoms with E-state index in [9.17, 15) is 53.1 Å². The fourth-order valence-electron chi connectivity index (χ4n) is 11.7. The molecule has 1 aromatic carbocycles. The van der Waals surface area contributed by atoms with Crippen molar-refractivity contribution in [2.45, 2.75) is 231 Å². The molecule has 0 spiro atoms. The normalized spacial score (nSPS) is 14.9. The predicted molar refractivity (Wildman–Crippen MR) is 408 cm³/mol. The molecule has 0 aliphatic heterocycles. The van der Waals surface area contributed by atoms with E-state index in [0.29, 0.717) is 85.9 Å². The van der Waals surface area contributed by atoms with Crippen LogP contribution in [0.3, 0.4) is 0 Å². The Kier molecular flexibility index (Phi) is 39.9. The zero-order valence-electron chi connectivity index (χ0n) is 62.2. The van der Waals surface area contributed by atoms with Crippen LogP contribution in [-0.2, 0) is 76.8 Å². The summed E-state index contributed by atoms with van der Waals surface area (Å²) >= 11 is 8.47. The highest BCUT2D eigenvalue weighted by Gasteiger charge is 2.38. The minimum Gasteiger partial charge on any atom is -0.480 e. The van der Waals surface area contributed by atoms with Crippen LogP contribution in [0.5, 0.6) is 0 Å². The van der Waals surface area contributed by atoms with Gasteiger partial charge in [-0.15, -0.1) is 0 Å². The summed E-state index contributed by atoms with van der Waals surface area (Å²) in [4.78, 5) is 187. The van der Waals surface area contributed by atoms with Crippen LogP contribution in [0.15, 0.2) is 55.5 Å². The lowest BCUT2D eigenvalue weighted by molar-refractivity contribution is -0.141. The second-order valence-corrected chi connectivity index (χ2v) is 29.2. The van der Waals surface area contributed by atoms with Crippen LogP contribution < -0.4 is 81.4 Å². The van der Waals surface area contributed by atoms with E-state index in [-0.39, 0.29) is 99.5 Å². The number of benzene rings is 1. The molecule has 0 unspecified atom stereocenters. The molecule has 0 aliphatic rings. The summed E-state index contributed by atoms with van der Waals surface area (Å²) in [5, 5.41) is 40.4. The Morgan fingerprint density at radius 3 is 1.07 bits per heavy atom. The molecule has 0 bridgehead atoms. The number of carboxylic acids is 1. The number of nitrogens with one attached hydrogen (secondary N) is 14. The highest BCUT2D eigenvalue weighted by atomic mass is 32.1. The molecule has 0 saturated carbocycles. The van der Waals surface area contributed by atoms with Gasteiger partial charge >= 0.3 is 5.97 Å². The van der Waals surface area contributed by atoms with Gasteiger partial charge in [0.2, 0.25) is 65.0 Å². The third-order valence-electron chi connectivity index (χ3n) is 17.4. The number of carboxylic acid groups (broad SMARTS) is 1. The molecule has 3 aromatic heterocycles. The lowest BCUT2D eigenvalue weighted by Gasteiger charge is -2.29. The topological polar surface area (TPSA) is 535 Å². The number of hydrogen-bond donors (Lipinski definition) is 21. The molecular weight excluding hydrogens is 1410 g/mol. The number of amides is 11. The first-order chi connectivity index (χ1) is 50.4. The fraction of sp³-hybridized carbons (Fsp3) is 0.634. The highest BCUT2D eigenvalue weighted by molar-refractivity contribution is 7.80. The summed E-state index contributed by atoms with van der Waals surface area (Å²) in [6, 6.07) is -8.24. The van der Waals surface area contributed by atoms with Crippen molar-refractivity contribution in [1.82, 2.24) is 83.4 Å². The molecule has 106 heavy (non-hydrogen) atoms. The minimum absolute atomic E-state index is 0.0300. The molecule has 4 rings (SSSR count). The van der Waals surface area contributed by atoms with E-state index in [4.69, 9.17) is 22.9 Å². The molecule has 23 N–H and O–H groups in total. The zero-order chi connectivity index (χ0) is 78.6. The maximum atomic E-state index is 15.2. The van der Waals surface area contributed by atoms with Gasteiger partial charge in [0.1, 0.15) is 66.5 Å². The lowest BCUT2D eigenvalue weighted by atomic mass is 9.97. The molecule has 11 amide bonds. The number of aromatic nitrogens is 5. The van der Waals surface area contributed by atoms with Crippen LogP contribution in [0.2, 0.25) is 0 Å². The zero-order valence-corrected chi connectivity index (χ0v) is 64.0. The van der Waals surface area contributed by atoms with Crippen LogP contribution in [0, 0.1) is 23.7 Å². The Morgan fingerprint density at radius 2 is 0.708 bits per heavy atom. The number of carbonyl (C=O) groups is 12. The summed E-state index contributed by atoms with van der Waals surface area (Å²) < 4.78 is 0. The number of rotatable bonds is 51. The first kappa shape index (κ1) is 89.8. The standard InChI is InChI=1S/C71H116N20O13S2/c1-39(2)25-51(63(95)83-52(26-40(3)4)64(96)85-54(28-42(7)8)66(98)88-57(31-45-34-77-38-80-45)69(101)91-59(36-106)71(103)104)84-65(97)53(27-41(5)6)86-67(99)55(29-43-32-78-48-19-10-9-17-46(43)48)87-68(100)56(30-44-33-76-37-79-44)89-70(102)58(35-105)90-62(94)50(21-13-16-24-74)82-61(93)49(20-12-15-23-73)81-60(92)47(75)18-11-14-22-72/h9-10,17,19,32-34,37-42,47,49-59,78,105-106H,11-16,18,20-31,35-36,72-75H2,1-8H3,(H,76,79)(H,77,80)(H,81,92)(H,82,93)(H,83,95)(H,84,97)(H,85,96)(H,86,99)(H,87,100)(H,88,98)(H,89,102)(H,90,94)(H,91,101)(H,103,104)/t47-,49-,50-,51-,52-,53-,54-,55-,56-,57-,58-,59-/m0/s1. The van der Waals surface area contributed by atoms with E-state index < -0.39 is 143 Å². The number of fused-ring (bicyclic) bond motifs is 1. The molecule has 4 aromatic rings. The van der Waals surface area contributed by atoms with Crippen molar-refractivity contribution >= 4 is 107 Å². The monoisotopic (exact) mass is 1520 g/mol. The maximum Gasteiger partial charge on any atom is 0.327 e. The van der Waals surface area contributed by atoms with Crippen LogP contribution in [0.4, 0.5) is 0 Å². The third-order valence-corrected chi connectivity index (χ3v) is 18.1. The Morgan fingerprint density at radius 1 is 0.396 bits per heavy atom. The Labute approximate surface area is 631 Å². The van der Waals surface area contributed by atoms with Gasteiger partial charge in [0.05, 0.1) is 18.7 Å². The van der Waals surface area contributed by atoms with Gasteiger partial charge in [0.15, 0.2) is 0 Å². The quantitative estimate of drug-likeness (QED) is 0.0201. The molecule has 0 radical (unpaired) electrons. The van der Waals surface area contributed by atoms with Gasteiger partial charge in [-0.25, -0.2) is 14.8 Å². The molecule has 3 heterocycles. The van der Waals surface area contributed by atoms with E-state index in [0.717, 1.165) is 0 Å². The van der Waals surface area contributed by atoms with Crippen molar-refractivity contribution in [2.75, 3.05) is 31.1 Å². The predicted octanol–water partition coefficient (Wildman–Crippen LogP) is -0.182. The van der Waals surface area contributed by atoms with E-state index in [2.05, 4.69) is 109 Å². The van der Waals surface area contributed by atoms with Crippen molar-refractivity contribution in [2.24, 2.45) is 46.6 Å². The number of H-pyrrole nitrogens is 3. The molecule has 0 aliphatic carbocycles. The van der Waals surface area contributed by atoms with Crippen LogP contribution >= 0.6 is 25.3 Å². The first-order valence-electron chi connectivity index (χ1n) is 36.6. The number of aliphatic carboxylic acids is 1. The van der Waals surface area contributed by atoms with Crippen LogP contribution in [0.25, 0.3) is 10.9 Å². The number of imidazole rings is 2. The van der Waals surface area contributed by atoms with Gasteiger partial charge in [-0.05, 0) is 132 Å². The second-order valence-electron chi connectivity index (χ2n) is 28.5. The smallest absolute Gasteiger partial charge is 0.327 e. The molecule has 590 valence electrons. The lowest BCUT2D eigenvalue weighted by Crippen LogP contribution is -2.61. The second kappa shape index (κ2) is 47.1. The van der Waals surface area contributed by atoms with Gasteiger partial charge in [0.25, 0.3) is 0 Å². The van der Waals surface area contributed by atoms with Crippen molar-refractivity contribution in [3.63, 3.8) is 0 Å². The first-order valence-corrected chi connectivity index (χ1v) is 37.8. The number of aromatic amines is 3. The molecule has 33 nitrogen and oxygen atoms in total. The van der Waals surface area contributed by atoms with Crippen molar-refractivity contribution in [3.8, 4) is 0 Å². The van der Waals surface area contributed by atoms with Crippen molar-refractivity contribution in [1.29, 1.82) is 0 Å². The van der Waals surface area contributed by atoms with Gasteiger partial charge in [0, 0.05) is 71.6 Å². The molecular formula is C71H116N20O13S2. The average molecular weight is 1520 g/mol. The van der Waals surface area contributed by atoms with E-state index in [1.807, 2.05) is 73.6 Å². The van der Waals surface area contributed by atoms with Gasteiger partial charge < -0.3 is 101 Å². The number of hydrogen-bond acceptors (Lipinski definition) is 20. The number of para-hydroxylation sites is 1. The number of nitrogens with zero attached hydrogens (tertiary/aromatic N) is 2. The van der Waals surface area contributed by atoms with Crippen LogP contribution in [-0.4, -0.2) is 205 Å². The van der Waals surface area contributed by atoms with Crippen molar-refractivity contribution < 1.29 is 62.6 Å². The van der Waals surface area contributed by atoms with E-state index in [1.54, 1.807) is 12.3 Å². The van der Waals surface area contributed by atoms with Crippen molar-refractivity contribution in [3.05, 3.63) is 72.5 Å². The maximum absolute atomic E-state index is 15.2. The minimum atomic E-state index is -1.48. The summed E-state index contributed by atoms with van der Waals surface area (Å²) in [5.41, 5.74) is 25.5.